The van der Waals surface area contributed by atoms with E-state index in [0.29, 0.717) is 51.8 Å². The van der Waals surface area contributed by atoms with Crippen LogP contribution in [0.15, 0.2) is 55.4 Å². The Kier molecular flexibility index (Phi) is 6.45. The summed E-state index contributed by atoms with van der Waals surface area (Å²) in [7, 11) is 0. The number of aromatic nitrogens is 6. The number of nitrogens with zero attached hydrogens (tertiary/aromatic N) is 7. The smallest absolute Gasteiger partial charge is 0.180 e. The van der Waals surface area contributed by atoms with Crippen molar-refractivity contribution in [1.29, 1.82) is 0 Å². The topological polar surface area (TPSA) is 126 Å². The van der Waals surface area contributed by atoms with Crippen LogP contribution in [0, 0.1) is 13.8 Å². The molecule has 1 unspecified atom stereocenters. The highest BCUT2D eigenvalue weighted by molar-refractivity contribution is 5.91. The van der Waals surface area contributed by atoms with Crippen molar-refractivity contribution in [1.82, 2.24) is 34.6 Å². The zero-order chi connectivity index (χ0) is 27.1. The first-order valence-electron chi connectivity index (χ1n) is 13.0. The molecule has 39 heavy (non-hydrogen) atoms. The normalized spacial score (nSPS) is 18.4. The fourth-order valence-electron chi connectivity index (χ4n) is 5.20. The van der Waals surface area contributed by atoms with Crippen molar-refractivity contribution in [2.45, 2.75) is 46.0 Å². The van der Waals surface area contributed by atoms with Crippen molar-refractivity contribution in [3.05, 3.63) is 72.5 Å². The monoisotopic (exact) mass is 525 g/mol. The number of imidazole rings is 1. The standard InChI is InChI=1S/C28H31N9O2/c1-16-12-36(13-17(2)33-16)23-6-5-22(25-26(23)30-8-7-29-25)28(38)35-20-9-24(27-34-18(3)14-37(27)15-20)39-21-10-31-19(4)32-11-21/h5-11,14-17,28,33,35,38H,12-13H2,1-4H3/t16-,17-,28?/m0/s1. The first-order chi connectivity index (χ1) is 18.8. The lowest BCUT2D eigenvalue weighted by atomic mass is 10.1. The summed E-state index contributed by atoms with van der Waals surface area (Å²) in [6.45, 7) is 9.84. The molecule has 5 heterocycles. The highest BCUT2D eigenvalue weighted by Crippen LogP contribution is 2.33. The van der Waals surface area contributed by atoms with Gasteiger partial charge in [0.1, 0.15) is 11.3 Å². The van der Waals surface area contributed by atoms with Crippen molar-refractivity contribution in [2.24, 2.45) is 0 Å². The second-order valence-electron chi connectivity index (χ2n) is 10.1. The maximum Gasteiger partial charge on any atom is 0.180 e. The van der Waals surface area contributed by atoms with Crippen molar-refractivity contribution in [3.8, 4) is 11.5 Å². The van der Waals surface area contributed by atoms with Crippen molar-refractivity contribution in [3.63, 3.8) is 0 Å². The number of ether oxygens (including phenoxy) is 1. The van der Waals surface area contributed by atoms with Gasteiger partial charge in [-0.25, -0.2) is 15.0 Å². The molecule has 1 aromatic carbocycles. The van der Waals surface area contributed by atoms with E-state index in [1.165, 1.54) is 0 Å². The first kappa shape index (κ1) is 25.0. The minimum absolute atomic E-state index is 0.358. The van der Waals surface area contributed by atoms with Gasteiger partial charge in [0.05, 0.1) is 35.0 Å². The maximum atomic E-state index is 11.4. The minimum atomic E-state index is -1.04. The number of hydrogen-bond acceptors (Lipinski definition) is 10. The summed E-state index contributed by atoms with van der Waals surface area (Å²) in [5.74, 6) is 1.66. The van der Waals surface area contributed by atoms with Gasteiger partial charge >= 0.3 is 0 Å². The molecule has 0 amide bonds. The summed E-state index contributed by atoms with van der Waals surface area (Å²) in [5.41, 5.74) is 5.19. The molecule has 4 aromatic heterocycles. The summed E-state index contributed by atoms with van der Waals surface area (Å²) in [4.78, 5) is 24.6. The Labute approximate surface area is 225 Å². The Morgan fingerprint density at radius 2 is 1.72 bits per heavy atom. The molecular weight excluding hydrogens is 494 g/mol. The van der Waals surface area contributed by atoms with Crippen LogP contribution in [0.4, 0.5) is 11.4 Å². The van der Waals surface area contributed by atoms with Gasteiger partial charge in [-0.15, -0.1) is 0 Å². The highest BCUT2D eigenvalue weighted by Gasteiger charge is 2.25. The van der Waals surface area contributed by atoms with Gasteiger partial charge in [-0.05, 0) is 33.8 Å². The van der Waals surface area contributed by atoms with Crippen LogP contribution >= 0.6 is 0 Å². The van der Waals surface area contributed by atoms with Gasteiger partial charge in [-0.3, -0.25) is 9.97 Å². The van der Waals surface area contributed by atoms with Crippen molar-refractivity contribution < 1.29 is 9.84 Å². The van der Waals surface area contributed by atoms with Crippen LogP contribution in [0.1, 0.15) is 37.2 Å². The molecule has 11 heteroatoms. The molecular formula is C28H31N9O2. The number of pyridine rings is 1. The van der Waals surface area contributed by atoms with E-state index in [-0.39, 0.29) is 0 Å². The number of benzene rings is 1. The second-order valence-corrected chi connectivity index (χ2v) is 10.1. The number of piperazine rings is 1. The van der Waals surface area contributed by atoms with Gasteiger partial charge in [-0.2, -0.15) is 0 Å². The van der Waals surface area contributed by atoms with Gasteiger partial charge in [-0.1, -0.05) is 6.07 Å². The number of fused-ring (bicyclic) bond motifs is 2. The fourth-order valence-corrected chi connectivity index (χ4v) is 5.20. The third-order valence-electron chi connectivity index (χ3n) is 6.75. The van der Waals surface area contributed by atoms with E-state index in [4.69, 9.17) is 4.74 Å². The molecule has 11 nitrogen and oxygen atoms in total. The van der Waals surface area contributed by atoms with E-state index < -0.39 is 6.23 Å². The summed E-state index contributed by atoms with van der Waals surface area (Å²) in [5, 5.41) is 18.1. The second kappa shape index (κ2) is 10.1. The number of anilines is 2. The maximum absolute atomic E-state index is 11.4. The molecule has 0 spiro atoms. The zero-order valence-electron chi connectivity index (χ0n) is 22.3. The van der Waals surface area contributed by atoms with Gasteiger partial charge in [0, 0.05) is 61.6 Å². The molecule has 0 saturated carbocycles. The highest BCUT2D eigenvalue weighted by atomic mass is 16.5. The van der Waals surface area contributed by atoms with Crippen LogP contribution in [0.3, 0.4) is 0 Å². The average molecular weight is 526 g/mol. The molecule has 0 bridgehead atoms. The predicted molar refractivity (Wildman–Crippen MR) is 149 cm³/mol. The number of nitrogens with one attached hydrogen (secondary N) is 2. The Bertz CT molecular complexity index is 1630. The number of rotatable bonds is 6. The van der Waals surface area contributed by atoms with Gasteiger partial charge in [0.15, 0.2) is 23.4 Å². The lowest BCUT2D eigenvalue weighted by Gasteiger charge is -2.38. The third-order valence-corrected chi connectivity index (χ3v) is 6.75. The van der Waals surface area contributed by atoms with Crippen molar-refractivity contribution >= 4 is 28.1 Å². The van der Waals surface area contributed by atoms with Crippen molar-refractivity contribution in [2.75, 3.05) is 23.3 Å². The van der Waals surface area contributed by atoms with Gasteiger partial charge in [0.2, 0.25) is 0 Å². The summed E-state index contributed by atoms with van der Waals surface area (Å²) in [6.07, 6.45) is 9.31. The summed E-state index contributed by atoms with van der Waals surface area (Å²) < 4.78 is 7.96. The van der Waals surface area contributed by atoms with Gasteiger partial charge in [0.25, 0.3) is 0 Å². The van der Waals surface area contributed by atoms with Crippen LogP contribution in [-0.4, -0.2) is 59.6 Å². The Balaban J connectivity index is 1.33. The minimum Gasteiger partial charge on any atom is -0.450 e. The molecule has 0 aliphatic carbocycles. The largest absolute Gasteiger partial charge is 0.450 e. The molecule has 1 fully saturated rings. The average Bonchev–Trinajstić information content (AvgIpc) is 3.29. The van der Waals surface area contributed by atoms with Crippen LogP contribution < -0.4 is 20.3 Å². The van der Waals surface area contributed by atoms with E-state index >= 15 is 0 Å². The lowest BCUT2D eigenvalue weighted by Crippen LogP contribution is -2.54. The summed E-state index contributed by atoms with van der Waals surface area (Å²) in [6, 6.07) is 6.46. The molecule has 0 radical (unpaired) electrons. The number of aliphatic hydroxyl groups is 1. The third kappa shape index (κ3) is 5.06. The lowest BCUT2D eigenvalue weighted by molar-refractivity contribution is 0.209. The van der Waals surface area contributed by atoms with E-state index in [0.717, 1.165) is 30.0 Å². The molecule has 1 saturated heterocycles. The molecule has 6 rings (SSSR count). The number of aliphatic hydroxyl groups excluding tert-OH is 1. The number of aryl methyl sites for hydroxylation is 2. The van der Waals surface area contributed by atoms with E-state index in [9.17, 15) is 5.11 Å². The number of hydrogen-bond donors (Lipinski definition) is 3. The van der Waals surface area contributed by atoms with E-state index in [1.54, 1.807) is 30.9 Å². The summed E-state index contributed by atoms with van der Waals surface area (Å²) >= 11 is 0. The molecule has 3 atom stereocenters. The Hall–Kier alpha value is -4.35. The Morgan fingerprint density at radius 3 is 2.46 bits per heavy atom. The molecule has 5 aromatic rings. The quantitative estimate of drug-likeness (QED) is 0.282. The first-order valence-corrected chi connectivity index (χ1v) is 13.0. The van der Waals surface area contributed by atoms with E-state index in [1.807, 2.05) is 42.8 Å². The van der Waals surface area contributed by atoms with E-state index in [2.05, 4.69) is 54.3 Å². The molecule has 1 aliphatic heterocycles. The molecule has 200 valence electrons. The van der Waals surface area contributed by atoms with Crippen LogP contribution in [0.2, 0.25) is 0 Å². The predicted octanol–water partition coefficient (Wildman–Crippen LogP) is 3.77. The molecule has 1 aliphatic rings. The fraction of sp³-hybridized carbons (Fsp3) is 0.321. The molecule has 3 N–H and O–H groups in total. The van der Waals surface area contributed by atoms with Gasteiger partial charge < -0.3 is 29.8 Å². The Morgan fingerprint density at radius 1 is 1.00 bits per heavy atom. The zero-order valence-corrected chi connectivity index (χ0v) is 22.3. The van der Waals surface area contributed by atoms with Crippen LogP contribution in [-0.2, 0) is 0 Å². The van der Waals surface area contributed by atoms with Crippen LogP contribution in [0.25, 0.3) is 16.7 Å². The SMILES string of the molecule is Cc1cn2cc(NC(O)c3ccc(N4C[C@H](C)N[C@@H](C)C4)c4nccnc34)cc(Oc3cnc(C)nc3)c2n1. The van der Waals surface area contributed by atoms with Crippen LogP contribution in [0.5, 0.6) is 11.5 Å².